The second-order valence-corrected chi connectivity index (χ2v) is 5.38. The lowest BCUT2D eigenvalue weighted by Gasteiger charge is -2.37. The van der Waals surface area contributed by atoms with Gasteiger partial charge in [0.2, 0.25) is 0 Å². The van der Waals surface area contributed by atoms with Crippen LogP contribution in [0.3, 0.4) is 0 Å². The van der Waals surface area contributed by atoms with Crippen molar-refractivity contribution in [3.63, 3.8) is 0 Å². The molecular formula is C12H16BrNO. The Balaban J connectivity index is 2.04. The van der Waals surface area contributed by atoms with E-state index in [0.29, 0.717) is 0 Å². The molecule has 1 heterocycles. The molecule has 1 aromatic carbocycles. The smallest absolute Gasteiger partial charge is 0.0653 e. The third kappa shape index (κ3) is 2.73. The van der Waals surface area contributed by atoms with E-state index in [-0.39, 0.29) is 0 Å². The van der Waals surface area contributed by atoms with Gasteiger partial charge in [-0.15, -0.1) is 0 Å². The van der Waals surface area contributed by atoms with Gasteiger partial charge in [0.25, 0.3) is 0 Å². The molecule has 0 atom stereocenters. The van der Waals surface area contributed by atoms with Gasteiger partial charge in [0.05, 0.1) is 5.60 Å². The molecule has 15 heavy (non-hydrogen) atoms. The number of hydrogen-bond donors (Lipinski definition) is 1. The minimum absolute atomic E-state index is 0.466. The molecule has 3 heteroatoms. The number of benzene rings is 1. The van der Waals surface area contributed by atoms with E-state index in [1.54, 1.807) is 0 Å². The lowest BCUT2D eigenvalue weighted by molar-refractivity contribution is 0.0351. The molecule has 1 fully saturated rings. The highest BCUT2D eigenvalue weighted by Gasteiger charge is 2.27. The maximum absolute atomic E-state index is 9.85. The standard InChI is InChI=1S/C12H16BrNO/c1-12(15)6-8-14(9-7-12)11-4-2-10(13)3-5-11/h2-5,15H,6-9H2,1H3. The maximum atomic E-state index is 9.85. The van der Waals surface area contributed by atoms with Gasteiger partial charge in [-0.25, -0.2) is 0 Å². The average molecular weight is 270 g/mol. The minimum atomic E-state index is -0.466. The van der Waals surface area contributed by atoms with E-state index in [1.165, 1.54) is 5.69 Å². The molecule has 1 saturated heterocycles. The molecule has 2 nitrogen and oxygen atoms in total. The van der Waals surface area contributed by atoms with Crippen molar-refractivity contribution in [2.45, 2.75) is 25.4 Å². The summed E-state index contributed by atoms with van der Waals surface area (Å²) in [7, 11) is 0. The van der Waals surface area contributed by atoms with E-state index < -0.39 is 5.60 Å². The topological polar surface area (TPSA) is 23.5 Å². The maximum Gasteiger partial charge on any atom is 0.0653 e. The van der Waals surface area contributed by atoms with Crippen LogP contribution in [-0.2, 0) is 0 Å². The quantitative estimate of drug-likeness (QED) is 0.848. The number of nitrogens with zero attached hydrogens (tertiary/aromatic N) is 1. The zero-order chi connectivity index (χ0) is 10.9. The summed E-state index contributed by atoms with van der Waals surface area (Å²) < 4.78 is 1.11. The Morgan fingerprint density at radius 3 is 2.27 bits per heavy atom. The molecule has 0 bridgehead atoms. The van der Waals surface area contributed by atoms with E-state index in [2.05, 4.69) is 45.1 Å². The summed E-state index contributed by atoms with van der Waals surface area (Å²) >= 11 is 3.43. The van der Waals surface area contributed by atoms with E-state index in [1.807, 2.05) is 6.92 Å². The van der Waals surface area contributed by atoms with Crippen LogP contribution in [0.4, 0.5) is 5.69 Å². The minimum Gasteiger partial charge on any atom is -0.390 e. The van der Waals surface area contributed by atoms with Crippen molar-refractivity contribution < 1.29 is 5.11 Å². The summed E-state index contributed by atoms with van der Waals surface area (Å²) in [6.07, 6.45) is 1.70. The lowest BCUT2D eigenvalue weighted by Crippen LogP contribution is -2.42. The molecule has 0 saturated carbocycles. The Morgan fingerprint density at radius 1 is 1.20 bits per heavy atom. The summed E-state index contributed by atoms with van der Waals surface area (Å²) in [6.45, 7) is 3.80. The first-order valence-electron chi connectivity index (χ1n) is 5.30. The number of anilines is 1. The summed E-state index contributed by atoms with van der Waals surface area (Å²) in [5.74, 6) is 0. The molecule has 1 aliphatic rings. The Kier molecular flexibility index (Phi) is 3.03. The van der Waals surface area contributed by atoms with Crippen LogP contribution in [0.25, 0.3) is 0 Å². The van der Waals surface area contributed by atoms with Crippen LogP contribution < -0.4 is 4.90 Å². The van der Waals surface area contributed by atoms with Crippen LogP contribution in [0, 0.1) is 0 Å². The van der Waals surface area contributed by atoms with E-state index in [4.69, 9.17) is 0 Å². The molecule has 82 valence electrons. The highest BCUT2D eigenvalue weighted by Crippen LogP contribution is 2.26. The lowest BCUT2D eigenvalue weighted by atomic mass is 9.93. The van der Waals surface area contributed by atoms with Crippen molar-refractivity contribution in [3.8, 4) is 0 Å². The van der Waals surface area contributed by atoms with E-state index in [0.717, 1.165) is 30.4 Å². The molecular weight excluding hydrogens is 254 g/mol. The fraction of sp³-hybridized carbons (Fsp3) is 0.500. The van der Waals surface area contributed by atoms with Crippen LogP contribution in [0.2, 0.25) is 0 Å². The number of halogens is 1. The van der Waals surface area contributed by atoms with Gasteiger partial charge < -0.3 is 10.0 Å². The molecule has 1 N–H and O–H groups in total. The van der Waals surface area contributed by atoms with Crippen LogP contribution in [0.15, 0.2) is 28.7 Å². The van der Waals surface area contributed by atoms with Crippen molar-refractivity contribution >= 4 is 21.6 Å². The molecule has 2 rings (SSSR count). The van der Waals surface area contributed by atoms with Crippen molar-refractivity contribution in [2.24, 2.45) is 0 Å². The second-order valence-electron chi connectivity index (χ2n) is 4.46. The van der Waals surface area contributed by atoms with Crippen LogP contribution in [0.1, 0.15) is 19.8 Å². The zero-order valence-electron chi connectivity index (χ0n) is 8.91. The Hall–Kier alpha value is -0.540. The summed E-state index contributed by atoms with van der Waals surface area (Å²) in [6, 6.07) is 8.35. The number of rotatable bonds is 1. The number of aliphatic hydroxyl groups is 1. The van der Waals surface area contributed by atoms with Gasteiger partial charge in [0.1, 0.15) is 0 Å². The zero-order valence-corrected chi connectivity index (χ0v) is 10.5. The first kappa shape index (κ1) is 11.0. The first-order valence-corrected chi connectivity index (χ1v) is 6.09. The van der Waals surface area contributed by atoms with E-state index >= 15 is 0 Å². The van der Waals surface area contributed by atoms with Crippen LogP contribution in [-0.4, -0.2) is 23.8 Å². The fourth-order valence-electron chi connectivity index (χ4n) is 1.90. The monoisotopic (exact) mass is 269 g/mol. The molecule has 1 aromatic rings. The van der Waals surface area contributed by atoms with Crippen LogP contribution >= 0.6 is 15.9 Å². The second kappa shape index (κ2) is 4.14. The van der Waals surface area contributed by atoms with Gasteiger partial charge in [-0.05, 0) is 44.0 Å². The van der Waals surface area contributed by atoms with Gasteiger partial charge >= 0.3 is 0 Å². The van der Waals surface area contributed by atoms with Gasteiger partial charge in [-0.1, -0.05) is 15.9 Å². The third-order valence-electron chi connectivity index (χ3n) is 3.03. The molecule has 0 spiro atoms. The Bertz CT molecular complexity index is 324. The summed E-state index contributed by atoms with van der Waals surface area (Å²) in [5, 5.41) is 9.85. The highest BCUT2D eigenvalue weighted by atomic mass is 79.9. The molecule has 0 aliphatic carbocycles. The molecule has 0 amide bonds. The largest absolute Gasteiger partial charge is 0.390 e. The van der Waals surface area contributed by atoms with Gasteiger partial charge in [-0.2, -0.15) is 0 Å². The number of hydrogen-bond acceptors (Lipinski definition) is 2. The number of piperidine rings is 1. The van der Waals surface area contributed by atoms with Crippen LogP contribution in [0.5, 0.6) is 0 Å². The average Bonchev–Trinajstić information content (AvgIpc) is 2.20. The molecule has 1 aliphatic heterocycles. The Labute approximate surface area is 99.0 Å². The predicted molar refractivity (Wildman–Crippen MR) is 66.2 cm³/mol. The van der Waals surface area contributed by atoms with Crippen molar-refractivity contribution in [1.29, 1.82) is 0 Å². The molecule has 0 aromatic heterocycles. The van der Waals surface area contributed by atoms with Crippen molar-refractivity contribution in [2.75, 3.05) is 18.0 Å². The Morgan fingerprint density at radius 2 is 1.73 bits per heavy atom. The molecule has 0 unspecified atom stereocenters. The van der Waals surface area contributed by atoms with Crippen molar-refractivity contribution in [3.05, 3.63) is 28.7 Å². The summed E-state index contributed by atoms with van der Waals surface area (Å²) in [4.78, 5) is 2.32. The molecule has 0 radical (unpaired) electrons. The van der Waals surface area contributed by atoms with Gasteiger partial charge in [-0.3, -0.25) is 0 Å². The SMILES string of the molecule is CC1(O)CCN(c2ccc(Br)cc2)CC1. The predicted octanol–water partition coefficient (Wildman–Crippen LogP) is 2.80. The summed E-state index contributed by atoms with van der Waals surface area (Å²) in [5.41, 5.74) is 0.778. The normalized spacial score (nSPS) is 20.3. The third-order valence-corrected chi connectivity index (χ3v) is 3.56. The fourth-order valence-corrected chi connectivity index (χ4v) is 2.16. The van der Waals surface area contributed by atoms with Gasteiger partial charge in [0.15, 0.2) is 0 Å². The first-order chi connectivity index (χ1) is 7.07. The van der Waals surface area contributed by atoms with E-state index in [9.17, 15) is 5.11 Å². The highest BCUT2D eigenvalue weighted by molar-refractivity contribution is 9.10. The van der Waals surface area contributed by atoms with Gasteiger partial charge in [0, 0.05) is 23.2 Å². The van der Waals surface area contributed by atoms with Crippen molar-refractivity contribution in [1.82, 2.24) is 0 Å².